The molecule has 0 radical (unpaired) electrons. The first-order chi connectivity index (χ1) is 10.1. The van der Waals surface area contributed by atoms with Gasteiger partial charge in [-0.25, -0.2) is 4.68 Å². The molecule has 0 atom stereocenters. The van der Waals surface area contributed by atoms with Crippen LogP contribution in [0.4, 0.5) is 11.9 Å². The zero-order chi connectivity index (χ0) is 14.8. The monoisotopic (exact) mass is 288 g/mol. The maximum absolute atomic E-state index is 11.8. The molecule has 2 aromatic rings. The Balaban J connectivity index is 1.75. The second-order valence-electron chi connectivity index (χ2n) is 4.94. The number of nitrogens with one attached hydrogen (secondary N) is 1. The molecule has 21 heavy (non-hydrogen) atoms. The third kappa shape index (κ3) is 3.25. The van der Waals surface area contributed by atoms with Crippen molar-refractivity contribution in [2.75, 3.05) is 24.2 Å². The maximum atomic E-state index is 11.8. The fraction of sp³-hybridized carbons (Fsp3) is 0.417. The van der Waals surface area contributed by atoms with Crippen LogP contribution in [0.1, 0.15) is 12.8 Å². The number of rotatable bonds is 5. The number of aromatic nitrogens is 5. The van der Waals surface area contributed by atoms with Crippen molar-refractivity contribution >= 4 is 17.8 Å². The van der Waals surface area contributed by atoms with Crippen LogP contribution in [0.2, 0.25) is 0 Å². The van der Waals surface area contributed by atoms with Crippen LogP contribution in [-0.4, -0.2) is 50.3 Å². The summed E-state index contributed by atoms with van der Waals surface area (Å²) < 4.78 is 1.49. The van der Waals surface area contributed by atoms with Crippen molar-refractivity contribution in [3.05, 3.63) is 18.5 Å². The van der Waals surface area contributed by atoms with Crippen molar-refractivity contribution < 1.29 is 4.79 Å². The molecule has 1 aliphatic rings. The predicted molar refractivity (Wildman–Crippen MR) is 75.8 cm³/mol. The minimum absolute atomic E-state index is 0.0559. The molecule has 0 aliphatic heterocycles. The van der Waals surface area contributed by atoms with E-state index in [1.54, 1.807) is 30.4 Å². The standard InChI is InChI=1S/C12H16N8O/c1-19(7-9(21)15-8-3-4-8)11-16-10(13)17-12(18-11)20-6-2-5-14-20/h2,5-6,8H,3-4,7H2,1H3,(H,15,21)(H2,13,16,17,18). The van der Waals surface area contributed by atoms with E-state index in [1.807, 2.05) is 0 Å². The number of carbonyl (C=O) groups excluding carboxylic acids is 1. The predicted octanol–water partition coefficient (Wildman–Crippen LogP) is -0.646. The Morgan fingerprint density at radius 2 is 2.29 bits per heavy atom. The highest BCUT2D eigenvalue weighted by Gasteiger charge is 2.24. The van der Waals surface area contributed by atoms with E-state index in [-0.39, 0.29) is 18.4 Å². The topological polar surface area (TPSA) is 115 Å². The number of carbonyl (C=O) groups is 1. The summed E-state index contributed by atoms with van der Waals surface area (Å²) in [5.74, 6) is 0.676. The number of nitrogen functional groups attached to an aromatic ring is 1. The summed E-state index contributed by atoms with van der Waals surface area (Å²) in [5, 5.41) is 6.96. The van der Waals surface area contributed by atoms with Crippen molar-refractivity contribution in [3.63, 3.8) is 0 Å². The molecule has 0 unspecified atom stereocenters. The van der Waals surface area contributed by atoms with Gasteiger partial charge in [0.25, 0.3) is 5.95 Å². The van der Waals surface area contributed by atoms with Crippen LogP contribution in [0.5, 0.6) is 0 Å². The van der Waals surface area contributed by atoms with Gasteiger partial charge in [-0.15, -0.1) is 0 Å². The van der Waals surface area contributed by atoms with E-state index in [0.717, 1.165) is 12.8 Å². The van der Waals surface area contributed by atoms with Crippen molar-refractivity contribution in [1.29, 1.82) is 0 Å². The zero-order valence-corrected chi connectivity index (χ0v) is 11.6. The summed E-state index contributed by atoms with van der Waals surface area (Å²) in [5.41, 5.74) is 5.69. The summed E-state index contributed by atoms with van der Waals surface area (Å²) in [6, 6.07) is 2.08. The number of hydrogen-bond acceptors (Lipinski definition) is 7. The molecular weight excluding hydrogens is 272 g/mol. The van der Waals surface area contributed by atoms with Gasteiger partial charge in [0, 0.05) is 25.5 Å². The molecule has 3 rings (SSSR count). The Hall–Kier alpha value is -2.71. The van der Waals surface area contributed by atoms with Gasteiger partial charge in [0.15, 0.2) is 0 Å². The lowest BCUT2D eigenvalue weighted by atomic mass is 10.5. The summed E-state index contributed by atoms with van der Waals surface area (Å²) in [4.78, 5) is 25.8. The molecule has 9 heteroatoms. The number of likely N-dealkylation sites (N-methyl/N-ethyl adjacent to an activating group) is 1. The molecule has 0 spiro atoms. The first-order valence-electron chi connectivity index (χ1n) is 6.64. The van der Waals surface area contributed by atoms with Gasteiger partial charge in [-0.1, -0.05) is 0 Å². The third-order valence-corrected chi connectivity index (χ3v) is 3.00. The van der Waals surface area contributed by atoms with Gasteiger partial charge in [0.1, 0.15) is 0 Å². The highest BCUT2D eigenvalue weighted by molar-refractivity contribution is 5.81. The Bertz CT molecular complexity index is 637. The molecule has 110 valence electrons. The van der Waals surface area contributed by atoms with Crippen molar-refractivity contribution in [2.45, 2.75) is 18.9 Å². The van der Waals surface area contributed by atoms with Crippen LogP contribution < -0.4 is 16.0 Å². The van der Waals surface area contributed by atoms with Gasteiger partial charge in [-0.3, -0.25) is 4.79 Å². The first kappa shape index (κ1) is 13.3. The lowest BCUT2D eigenvalue weighted by Gasteiger charge is -2.17. The molecule has 0 saturated heterocycles. The Morgan fingerprint density at radius 3 is 2.95 bits per heavy atom. The normalized spacial score (nSPS) is 14.0. The van der Waals surface area contributed by atoms with Crippen LogP contribution in [0.25, 0.3) is 5.95 Å². The molecule has 1 aliphatic carbocycles. The van der Waals surface area contributed by atoms with E-state index in [1.165, 1.54) is 4.68 Å². The Morgan fingerprint density at radius 1 is 1.48 bits per heavy atom. The molecule has 1 amide bonds. The van der Waals surface area contributed by atoms with E-state index < -0.39 is 0 Å². The van der Waals surface area contributed by atoms with Gasteiger partial charge in [0.2, 0.25) is 17.8 Å². The molecule has 1 fully saturated rings. The minimum Gasteiger partial charge on any atom is -0.368 e. The first-order valence-corrected chi connectivity index (χ1v) is 6.64. The van der Waals surface area contributed by atoms with Gasteiger partial charge >= 0.3 is 0 Å². The summed E-state index contributed by atoms with van der Waals surface area (Å²) >= 11 is 0. The molecule has 0 bridgehead atoms. The van der Waals surface area contributed by atoms with Crippen molar-refractivity contribution in [1.82, 2.24) is 30.0 Å². The lowest BCUT2D eigenvalue weighted by Crippen LogP contribution is -2.37. The Labute approximate surface area is 121 Å². The fourth-order valence-electron chi connectivity index (χ4n) is 1.82. The highest BCUT2D eigenvalue weighted by atomic mass is 16.2. The molecule has 3 N–H and O–H groups in total. The third-order valence-electron chi connectivity index (χ3n) is 3.00. The smallest absolute Gasteiger partial charge is 0.257 e. The van der Waals surface area contributed by atoms with Crippen LogP contribution in [0.3, 0.4) is 0 Å². The van der Waals surface area contributed by atoms with Gasteiger partial charge in [-0.2, -0.15) is 20.1 Å². The molecular formula is C12H16N8O. The van der Waals surface area contributed by atoms with E-state index in [9.17, 15) is 4.79 Å². The largest absolute Gasteiger partial charge is 0.368 e. The van der Waals surface area contributed by atoms with Gasteiger partial charge in [-0.05, 0) is 18.9 Å². The average Bonchev–Trinajstić information content (AvgIpc) is 3.07. The lowest BCUT2D eigenvalue weighted by molar-refractivity contribution is -0.119. The van der Waals surface area contributed by atoms with Crippen LogP contribution in [0, 0.1) is 0 Å². The molecule has 1 saturated carbocycles. The van der Waals surface area contributed by atoms with Crippen LogP contribution in [-0.2, 0) is 4.79 Å². The maximum Gasteiger partial charge on any atom is 0.257 e. The number of anilines is 2. The molecule has 0 aromatic carbocycles. The van der Waals surface area contributed by atoms with Crippen molar-refractivity contribution in [2.24, 2.45) is 0 Å². The molecule has 2 aromatic heterocycles. The SMILES string of the molecule is CN(CC(=O)NC1CC1)c1nc(N)nc(-n2cccn2)n1. The molecule has 9 nitrogen and oxygen atoms in total. The second-order valence-corrected chi connectivity index (χ2v) is 4.94. The van der Waals surface area contributed by atoms with E-state index in [0.29, 0.717) is 17.9 Å². The number of nitrogens with two attached hydrogens (primary N) is 1. The number of nitrogens with zero attached hydrogens (tertiary/aromatic N) is 6. The van der Waals surface area contributed by atoms with Crippen LogP contribution >= 0.6 is 0 Å². The zero-order valence-electron chi connectivity index (χ0n) is 11.6. The number of amides is 1. The van der Waals surface area contributed by atoms with Gasteiger partial charge in [0.05, 0.1) is 6.54 Å². The fourth-order valence-corrected chi connectivity index (χ4v) is 1.82. The van der Waals surface area contributed by atoms with Gasteiger partial charge < -0.3 is 16.0 Å². The summed E-state index contributed by atoms with van der Waals surface area (Å²) in [7, 11) is 1.73. The van der Waals surface area contributed by atoms with E-state index >= 15 is 0 Å². The van der Waals surface area contributed by atoms with Crippen molar-refractivity contribution in [3.8, 4) is 5.95 Å². The summed E-state index contributed by atoms with van der Waals surface area (Å²) in [6.45, 7) is 0.165. The van der Waals surface area contributed by atoms with Crippen LogP contribution in [0.15, 0.2) is 18.5 Å². The molecule has 2 heterocycles. The Kier molecular flexibility index (Phi) is 3.38. The van der Waals surface area contributed by atoms with E-state index in [2.05, 4.69) is 25.4 Å². The minimum atomic E-state index is -0.0559. The average molecular weight is 288 g/mol. The van der Waals surface area contributed by atoms with E-state index in [4.69, 9.17) is 5.73 Å². The number of hydrogen-bond donors (Lipinski definition) is 2. The summed E-state index contributed by atoms with van der Waals surface area (Å²) in [6.07, 6.45) is 5.43. The highest BCUT2D eigenvalue weighted by Crippen LogP contribution is 2.18. The quantitative estimate of drug-likeness (QED) is 0.751. The second kappa shape index (κ2) is 5.35.